The van der Waals surface area contributed by atoms with Crippen LogP contribution in [0.2, 0.25) is 0 Å². The van der Waals surface area contributed by atoms with Crippen LogP contribution in [0.1, 0.15) is 53.3 Å². The maximum absolute atomic E-state index is 13.2. The van der Waals surface area contributed by atoms with Crippen LogP contribution in [0.3, 0.4) is 0 Å². The van der Waals surface area contributed by atoms with Crippen molar-refractivity contribution in [3.05, 3.63) is 65.5 Å². The van der Waals surface area contributed by atoms with Gasteiger partial charge in [0.05, 0.1) is 6.04 Å². The van der Waals surface area contributed by atoms with Crippen molar-refractivity contribution >= 4 is 11.8 Å². The minimum atomic E-state index is -0.0407. The number of rotatable bonds is 3. The van der Waals surface area contributed by atoms with Gasteiger partial charge in [-0.2, -0.15) is 0 Å². The van der Waals surface area contributed by atoms with Gasteiger partial charge >= 0.3 is 0 Å². The molecule has 0 saturated carbocycles. The zero-order chi connectivity index (χ0) is 19.5. The standard InChI is InChI=1S/C23H27N3O2/c1-25(21-11-6-8-17-7-2-3-9-19(17)21)22(27)18-12-15-26(16-13-18)23(28)20-10-4-5-14-24-20/h2-5,7,9-10,14,18,21H,6,8,11-13,15-16H2,1H3/t21-/m0/s1. The average molecular weight is 377 g/mol. The summed E-state index contributed by atoms with van der Waals surface area (Å²) in [5.41, 5.74) is 3.14. The summed E-state index contributed by atoms with van der Waals surface area (Å²) in [5, 5.41) is 0. The second-order valence-corrected chi connectivity index (χ2v) is 7.84. The van der Waals surface area contributed by atoms with Crippen molar-refractivity contribution in [3.8, 4) is 0 Å². The number of aromatic nitrogens is 1. The second kappa shape index (κ2) is 8.13. The minimum Gasteiger partial charge on any atom is -0.338 e. The predicted octanol–water partition coefficient (Wildman–Crippen LogP) is 3.47. The Morgan fingerprint density at radius 1 is 1.04 bits per heavy atom. The van der Waals surface area contributed by atoms with E-state index in [4.69, 9.17) is 0 Å². The molecule has 2 aliphatic rings. The Balaban J connectivity index is 1.39. The largest absolute Gasteiger partial charge is 0.338 e. The molecule has 146 valence electrons. The molecule has 2 heterocycles. The van der Waals surface area contributed by atoms with Gasteiger partial charge in [0.1, 0.15) is 5.69 Å². The van der Waals surface area contributed by atoms with Crippen LogP contribution >= 0.6 is 0 Å². The van der Waals surface area contributed by atoms with Crippen molar-refractivity contribution in [2.24, 2.45) is 5.92 Å². The van der Waals surface area contributed by atoms with Gasteiger partial charge in [-0.1, -0.05) is 30.3 Å². The van der Waals surface area contributed by atoms with Crippen molar-refractivity contribution < 1.29 is 9.59 Å². The maximum Gasteiger partial charge on any atom is 0.272 e. The number of aryl methyl sites for hydroxylation is 1. The Morgan fingerprint density at radius 3 is 2.54 bits per heavy atom. The van der Waals surface area contributed by atoms with Gasteiger partial charge in [-0.3, -0.25) is 14.6 Å². The molecule has 4 rings (SSSR count). The summed E-state index contributed by atoms with van der Waals surface area (Å²) >= 11 is 0. The number of benzene rings is 1. The number of fused-ring (bicyclic) bond motifs is 1. The Kier molecular flexibility index (Phi) is 5.42. The lowest BCUT2D eigenvalue weighted by atomic mass is 9.86. The number of amides is 2. The summed E-state index contributed by atoms with van der Waals surface area (Å²) in [7, 11) is 1.94. The smallest absolute Gasteiger partial charge is 0.272 e. The van der Waals surface area contributed by atoms with E-state index in [2.05, 4.69) is 29.2 Å². The second-order valence-electron chi connectivity index (χ2n) is 7.84. The molecule has 1 aromatic carbocycles. The quantitative estimate of drug-likeness (QED) is 0.823. The molecule has 1 atom stereocenters. The highest BCUT2D eigenvalue weighted by Gasteiger charge is 2.33. The number of piperidine rings is 1. The molecule has 0 N–H and O–H groups in total. The van der Waals surface area contributed by atoms with Crippen molar-refractivity contribution in [1.29, 1.82) is 0 Å². The number of likely N-dealkylation sites (tertiary alicyclic amines) is 1. The third-order valence-corrected chi connectivity index (χ3v) is 6.17. The summed E-state index contributed by atoms with van der Waals surface area (Å²) in [6, 6.07) is 14.0. The lowest BCUT2D eigenvalue weighted by Gasteiger charge is -2.37. The molecule has 1 fully saturated rings. The third-order valence-electron chi connectivity index (χ3n) is 6.17. The molecular weight excluding hydrogens is 350 g/mol. The normalized spacial score (nSPS) is 19.8. The molecule has 0 radical (unpaired) electrons. The van der Waals surface area contributed by atoms with Gasteiger partial charge in [0.2, 0.25) is 5.91 Å². The minimum absolute atomic E-state index is 0.00753. The van der Waals surface area contributed by atoms with Gasteiger partial charge in [0.15, 0.2) is 0 Å². The van der Waals surface area contributed by atoms with Gasteiger partial charge in [0.25, 0.3) is 5.91 Å². The predicted molar refractivity (Wildman–Crippen MR) is 108 cm³/mol. The number of pyridine rings is 1. The van der Waals surface area contributed by atoms with E-state index in [-0.39, 0.29) is 23.8 Å². The van der Waals surface area contributed by atoms with Crippen LogP contribution in [0.15, 0.2) is 48.7 Å². The SMILES string of the molecule is CN(C(=O)C1CCN(C(=O)c2ccccn2)CC1)[C@H]1CCCc2ccccc21. The Hall–Kier alpha value is -2.69. The fourth-order valence-corrected chi connectivity index (χ4v) is 4.55. The average Bonchev–Trinajstić information content (AvgIpc) is 2.78. The van der Waals surface area contributed by atoms with Crippen LogP contribution in [0, 0.1) is 5.92 Å². The summed E-state index contributed by atoms with van der Waals surface area (Å²) in [6.45, 7) is 1.22. The van der Waals surface area contributed by atoms with E-state index in [1.807, 2.05) is 22.9 Å². The zero-order valence-electron chi connectivity index (χ0n) is 16.4. The molecule has 5 nitrogen and oxygen atoms in total. The number of hydrogen-bond acceptors (Lipinski definition) is 3. The molecule has 0 bridgehead atoms. The molecule has 0 unspecified atom stereocenters. The van der Waals surface area contributed by atoms with E-state index in [0.29, 0.717) is 18.8 Å². The van der Waals surface area contributed by atoms with Gasteiger partial charge in [0, 0.05) is 32.3 Å². The Morgan fingerprint density at radius 2 is 1.79 bits per heavy atom. The number of nitrogens with zero attached hydrogens (tertiary/aromatic N) is 3. The van der Waals surface area contributed by atoms with E-state index >= 15 is 0 Å². The summed E-state index contributed by atoms with van der Waals surface area (Å²) in [4.78, 5) is 33.7. The highest BCUT2D eigenvalue weighted by Crippen LogP contribution is 2.35. The first-order valence-corrected chi connectivity index (χ1v) is 10.2. The Bertz CT molecular complexity index is 844. The van der Waals surface area contributed by atoms with Crippen molar-refractivity contribution in [1.82, 2.24) is 14.8 Å². The van der Waals surface area contributed by atoms with Gasteiger partial charge in [-0.15, -0.1) is 0 Å². The molecule has 1 aliphatic carbocycles. The number of hydrogen-bond donors (Lipinski definition) is 0. The Labute approximate surface area is 166 Å². The highest BCUT2D eigenvalue weighted by molar-refractivity contribution is 5.92. The van der Waals surface area contributed by atoms with Crippen molar-refractivity contribution in [2.75, 3.05) is 20.1 Å². The van der Waals surface area contributed by atoms with Crippen LogP contribution in [0.25, 0.3) is 0 Å². The molecular formula is C23H27N3O2. The van der Waals surface area contributed by atoms with Crippen molar-refractivity contribution in [2.45, 2.75) is 38.1 Å². The van der Waals surface area contributed by atoms with Crippen LogP contribution in [-0.4, -0.2) is 46.7 Å². The number of carbonyl (C=O) groups excluding carboxylic acids is 2. The first-order chi connectivity index (χ1) is 13.6. The highest BCUT2D eigenvalue weighted by atomic mass is 16.2. The van der Waals surface area contributed by atoms with E-state index in [9.17, 15) is 9.59 Å². The lowest BCUT2D eigenvalue weighted by molar-refractivity contribution is -0.138. The van der Waals surface area contributed by atoms with Gasteiger partial charge in [-0.05, 0) is 55.4 Å². The zero-order valence-corrected chi connectivity index (χ0v) is 16.4. The first kappa shape index (κ1) is 18.7. The van der Waals surface area contributed by atoms with E-state index in [1.54, 1.807) is 18.3 Å². The summed E-state index contributed by atoms with van der Waals surface area (Å²) in [6.07, 6.45) is 6.32. The lowest BCUT2D eigenvalue weighted by Crippen LogP contribution is -2.44. The molecule has 1 saturated heterocycles. The van der Waals surface area contributed by atoms with E-state index < -0.39 is 0 Å². The fraction of sp³-hybridized carbons (Fsp3) is 0.435. The first-order valence-electron chi connectivity index (χ1n) is 10.2. The van der Waals surface area contributed by atoms with Crippen LogP contribution < -0.4 is 0 Å². The van der Waals surface area contributed by atoms with Gasteiger partial charge < -0.3 is 9.80 Å². The maximum atomic E-state index is 13.2. The fourth-order valence-electron chi connectivity index (χ4n) is 4.55. The number of carbonyl (C=O) groups is 2. The van der Waals surface area contributed by atoms with Crippen LogP contribution in [0.5, 0.6) is 0 Å². The molecule has 28 heavy (non-hydrogen) atoms. The van der Waals surface area contributed by atoms with Crippen LogP contribution in [0.4, 0.5) is 0 Å². The van der Waals surface area contributed by atoms with Crippen molar-refractivity contribution in [3.63, 3.8) is 0 Å². The monoisotopic (exact) mass is 377 g/mol. The van der Waals surface area contributed by atoms with Gasteiger partial charge in [-0.25, -0.2) is 0 Å². The molecule has 5 heteroatoms. The molecule has 1 aromatic heterocycles. The van der Waals surface area contributed by atoms with E-state index in [0.717, 1.165) is 32.1 Å². The molecule has 1 aliphatic heterocycles. The molecule has 2 amide bonds. The topological polar surface area (TPSA) is 53.5 Å². The van der Waals surface area contributed by atoms with E-state index in [1.165, 1.54) is 11.1 Å². The third kappa shape index (κ3) is 3.66. The molecule has 0 spiro atoms. The molecule has 2 aromatic rings. The summed E-state index contributed by atoms with van der Waals surface area (Å²) < 4.78 is 0. The summed E-state index contributed by atoms with van der Waals surface area (Å²) in [5.74, 6) is 0.166. The van der Waals surface area contributed by atoms with Crippen LogP contribution in [-0.2, 0) is 11.2 Å².